The molecule has 9 rings (SSSR count). The van der Waals surface area contributed by atoms with Crippen LogP contribution in [0.1, 0.15) is 46.0 Å². The number of urea groups is 1. The summed E-state index contributed by atoms with van der Waals surface area (Å²) in [4.78, 5) is 79.0. The van der Waals surface area contributed by atoms with Crippen molar-refractivity contribution in [2.45, 2.75) is 29.6 Å². The lowest BCUT2D eigenvalue weighted by atomic mass is 9.65. The zero-order valence-electron chi connectivity index (χ0n) is 38.3. The van der Waals surface area contributed by atoms with Gasteiger partial charge in [0.2, 0.25) is 11.8 Å². The van der Waals surface area contributed by atoms with Crippen molar-refractivity contribution in [1.29, 1.82) is 0 Å². The average molecular weight is 949 g/mol. The van der Waals surface area contributed by atoms with Gasteiger partial charge in [0.15, 0.2) is 0 Å². The summed E-state index contributed by atoms with van der Waals surface area (Å²) in [5, 5.41) is 15.6. The summed E-state index contributed by atoms with van der Waals surface area (Å²) in [6.45, 7) is 1.74. The molecule has 0 radical (unpaired) electrons. The van der Waals surface area contributed by atoms with Crippen LogP contribution in [-0.4, -0.2) is 112 Å². The van der Waals surface area contributed by atoms with E-state index < -0.39 is 65.5 Å². The summed E-state index contributed by atoms with van der Waals surface area (Å²) in [5.41, 5.74) is 6.81. The van der Waals surface area contributed by atoms with E-state index in [1.165, 1.54) is 7.11 Å². The number of fused-ring (bicyclic) bond motifs is 3. The Labute approximate surface area is 404 Å². The molecular formula is C53H52N6O11. The van der Waals surface area contributed by atoms with Crippen molar-refractivity contribution in [3.8, 4) is 17.6 Å². The first kappa shape index (κ1) is 47.3. The number of primary amides is 1. The van der Waals surface area contributed by atoms with E-state index in [1.807, 2.05) is 77.7 Å². The molecule has 0 unspecified atom stereocenters. The van der Waals surface area contributed by atoms with Crippen molar-refractivity contribution in [2.24, 2.45) is 11.7 Å². The third-order valence-electron chi connectivity index (χ3n) is 13.1. The first-order valence-corrected chi connectivity index (χ1v) is 23.0. The number of hydrogen-bond donors (Lipinski definition) is 4. The van der Waals surface area contributed by atoms with Crippen LogP contribution in [0.2, 0.25) is 0 Å². The van der Waals surface area contributed by atoms with E-state index in [1.54, 1.807) is 54.6 Å². The molecule has 4 aliphatic rings. The highest BCUT2D eigenvalue weighted by Crippen LogP contribution is 2.66. The van der Waals surface area contributed by atoms with E-state index in [0.29, 0.717) is 54.2 Å². The Morgan fingerprint density at radius 2 is 1.54 bits per heavy atom. The molecule has 1 spiro atoms. The van der Waals surface area contributed by atoms with Crippen molar-refractivity contribution in [2.75, 3.05) is 81.5 Å². The standard InChI is InChI=1S/C53H52N6O11/c1-66-31-32-69-52(65)58-41-23-18-34(11-10-24-55-51(54)64)33-40(41)53(50(58)63)43(48(61)56-37-19-21-38(22-20-37)57-25-28-67-29-26-57)45-49(62)70-46(36-14-6-3-7-15-36)44(35-12-4-2-5-13-35)59(45)47(53)39-16-8-9-17-42(39)68-30-27-60/h2-9,12-23,33,43-47,60H,24-32H2,1H3,(H,56,61)(H3,54,55,64)/t43-,44-,45-,46+,47+,53-/m1/s1. The molecule has 5 amide bonds. The number of nitrogens with two attached hydrogens (primary N) is 1. The number of nitrogens with zero attached hydrogens (tertiary/aromatic N) is 3. The van der Waals surface area contributed by atoms with E-state index in [-0.39, 0.29) is 50.0 Å². The van der Waals surface area contributed by atoms with Gasteiger partial charge in [-0.3, -0.25) is 19.3 Å². The number of benzene rings is 5. The van der Waals surface area contributed by atoms with Crippen LogP contribution in [0, 0.1) is 17.8 Å². The molecule has 6 atom stereocenters. The van der Waals surface area contributed by atoms with Crippen molar-refractivity contribution < 1.29 is 52.8 Å². The molecule has 0 bridgehead atoms. The molecule has 3 saturated heterocycles. The number of morpholine rings is 2. The normalized spacial score (nSPS) is 22.6. The van der Waals surface area contributed by atoms with E-state index in [0.717, 1.165) is 10.6 Å². The lowest BCUT2D eigenvalue weighted by molar-refractivity contribution is -0.177. The van der Waals surface area contributed by atoms with E-state index in [2.05, 4.69) is 27.4 Å². The quantitative estimate of drug-likeness (QED) is 0.0697. The first-order chi connectivity index (χ1) is 34.2. The highest BCUT2D eigenvalue weighted by Gasteiger charge is 2.76. The number of carbonyl (C=O) groups is 5. The second-order valence-corrected chi connectivity index (χ2v) is 17.0. The van der Waals surface area contributed by atoms with Gasteiger partial charge >= 0.3 is 18.1 Å². The number of methoxy groups -OCH3 is 1. The molecule has 4 aliphatic heterocycles. The Kier molecular flexibility index (Phi) is 14.1. The minimum absolute atomic E-state index is 0.0223. The topological polar surface area (TPSA) is 212 Å². The fourth-order valence-corrected chi connectivity index (χ4v) is 10.3. The summed E-state index contributed by atoms with van der Waals surface area (Å²) in [5.74, 6) is 2.16. The zero-order valence-corrected chi connectivity index (χ0v) is 38.3. The van der Waals surface area contributed by atoms with Gasteiger partial charge in [-0.25, -0.2) is 14.5 Å². The van der Waals surface area contributed by atoms with E-state index in [4.69, 9.17) is 29.4 Å². The summed E-state index contributed by atoms with van der Waals surface area (Å²) in [6, 6.07) is 33.2. The number of anilines is 3. The Morgan fingerprint density at radius 1 is 0.843 bits per heavy atom. The van der Waals surface area contributed by atoms with Gasteiger partial charge in [-0.05, 0) is 65.2 Å². The summed E-state index contributed by atoms with van der Waals surface area (Å²) >= 11 is 0. The number of carbonyl (C=O) groups excluding carboxylic acids is 5. The smallest absolute Gasteiger partial charge is 0.421 e. The second-order valence-electron chi connectivity index (χ2n) is 17.0. The summed E-state index contributed by atoms with van der Waals surface area (Å²) in [6.07, 6.45) is -2.02. The average Bonchev–Trinajstić information content (AvgIpc) is 3.84. The molecule has 360 valence electrons. The molecule has 5 aromatic rings. The Balaban J connectivity index is 1.33. The number of cyclic esters (lactones) is 1. The molecule has 70 heavy (non-hydrogen) atoms. The number of para-hydroxylation sites is 1. The molecular weight excluding hydrogens is 897 g/mol. The predicted octanol–water partition coefficient (Wildman–Crippen LogP) is 5.00. The molecule has 4 heterocycles. The number of ether oxygens (including phenoxy) is 5. The van der Waals surface area contributed by atoms with Gasteiger partial charge in [-0.1, -0.05) is 90.7 Å². The minimum atomic E-state index is -2.17. The maximum atomic E-state index is 16.5. The highest BCUT2D eigenvalue weighted by atomic mass is 16.6. The zero-order chi connectivity index (χ0) is 48.8. The third-order valence-corrected chi connectivity index (χ3v) is 13.1. The maximum absolute atomic E-state index is 16.5. The lowest BCUT2D eigenvalue weighted by Gasteiger charge is -2.46. The van der Waals surface area contributed by atoms with Crippen LogP contribution in [0.25, 0.3) is 0 Å². The fraction of sp³-hybridized carbons (Fsp3) is 0.302. The van der Waals surface area contributed by atoms with Crippen LogP contribution in [0.5, 0.6) is 5.75 Å². The Morgan fingerprint density at radius 3 is 2.24 bits per heavy atom. The van der Waals surface area contributed by atoms with Gasteiger partial charge in [0.25, 0.3) is 0 Å². The van der Waals surface area contributed by atoms with E-state index in [9.17, 15) is 14.7 Å². The van der Waals surface area contributed by atoms with Gasteiger partial charge in [0.1, 0.15) is 36.5 Å². The number of amides is 5. The lowest BCUT2D eigenvalue weighted by Crippen LogP contribution is -2.54. The van der Waals surface area contributed by atoms with Gasteiger partial charge in [-0.15, -0.1) is 0 Å². The van der Waals surface area contributed by atoms with Crippen LogP contribution in [-0.2, 0) is 38.7 Å². The summed E-state index contributed by atoms with van der Waals surface area (Å²) in [7, 11) is 1.45. The summed E-state index contributed by atoms with van der Waals surface area (Å²) < 4.78 is 29.3. The molecule has 5 N–H and O–H groups in total. The molecule has 3 fully saturated rings. The first-order valence-electron chi connectivity index (χ1n) is 23.0. The van der Waals surface area contributed by atoms with Gasteiger partial charge < -0.3 is 50.1 Å². The second kappa shape index (κ2) is 20.9. The number of imide groups is 1. The van der Waals surface area contributed by atoms with Crippen LogP contribution in [0.15, 0.2) is 127 Å². The van der Waals surface area contributed by atoms with Crippen LogP contribution in [0.3, 0.4) is 0 Å². The van der Waals surface area contributed by atoms with Crippen molar-refractivity contribution in [3.05, 3.63) is 155 Å². The molecule has 5 aromatic carbocycles. The number of rotatable bonds is 13. The van der Waals surface area contributed by atoms with Gasteiger partial charge in [-0.2, -0.15) is 0 Å². The minimum Gasteiger partial charge on any atom is -0.491 e. The van der Waals surface area contributed by atoms with Crippen LogP contribution < -0.4 is 30.9 Å². The van der Waals surface area contributed by atoms with Crippen molar-refractivity contribution >= 4 is 47.0 Å². The van der Waals surface area contributed by atoms with Crippen molar-refractivity contribution in [3.63, 3.8) is 0 Å². The van der Waals surface area contributed by atoms with Crippen LogP contribution >= 0.6 is 0 Å². The number of aliphatic hydroxyl groups excluding tert-OH is 1. The molecule has 0 aliphatic carbocycles. The fourth-order valence-electron chi connectivity index (χ4n) is 10.3. The molecule has 0 aromatic heterocycles. The van der Waals surface area contributed by atoms with E-state index >= 15 is 14.4 Å². The Hall–Kier alpha value is -7.75. The number of esters is 1. The van der Waals surface area contributed by atoms with Crippen molar-refractivity contribution in [1.82, 2.24) is 10.2 Å². The molecule has 17 nitrogen and oxygen atoms in total. The molecule has 17 heteroatoms. The predicted molar refractivity (Wildman–Crippen MR) is 257 cm³/mol. The Bertz CT molecular complexity index is 2800. The van der Waals surface area contributed by atoms with Gasteiger partial charge in [0, 0.05) is 42.7 Å². The maximum Gasteiger partial charge on any atom is 0.421 e. The SMILES string of the molecule is COCCOC(=O)N1C(=O)[C@@]2(c3cc(C#CCNC(N)=O)ccc31)[C@H](c1ccccc1OCCO)N1[C@H](c3ccccc3)[C@H](c3ccccc3)OC(=O)[C@H]1[C@@H]2C(=O)Nc1ccc(N2CCOCC2)cc1. The molecule has 0 saturated carbocycles. The highest BCUT2D eigenvalue weighted by molar-refractivity contribution is 6.24. The number of hydrogen-bond acceptors (Lipinski definition) is 13. The number of aliphatic hydroxyl groups is 1. The monoisotopic (exact) mass is 948 g/mol. The third kappa shape index (κ3) is 8.89. The van der Waals surface area contributed by atoms with Crippen LogP contribution in [0.4, 0.5) is 26.7 Å². The largest absolute Gasteiger partial charge is 0.491 e. The van der Waals surface area contributed by atoms with Gasteiger partial charge in [0.05, 0.1) is 56.7 Å². The number of nitrogens with one attached hydrogen (secondary N) is 2.